The van der Waals surface area contributed by atoms with Gasteiger partial charge in [-0.25, -0.2) is 0 Å². The van der Waals surface area contributed by atoms with Crippen LogP contribution in [0, 0.1) is 5.92 Å². The highest BCUT2D eigenvalue weighted by molar-refractivity contribution is 7.99. The van der Waals surface area contributed by atoms with Crippen molar-refractivity contribution in [3.05, 3.63) is 0 Å². The maximum atomic E-state index is 4.49. The first-order valence-corrected chi connectivity index (χ1v) is 6.45. The highest BCUT2D eigenvalue weighted by atomic mass is 32.2. The third-order valence-electron chi connectivity index (χ3n) is 2.74. The Balaban J connectivity index is 1.68. The monoisotopic (exact) mass is 198 g/mol. The summed E-state index contributed by atoms with van der Waals surface area (Å²) in [6, 6.07) is 0. The maximum Gasteiger partial charge on any atom is 0.0963 e. The fourth-order valence-corrected chi connectivity index (χ4v) is 3.13. The van der Waals surface area contributed by atoms with Crippen LogP contribution in [0.25, 0.3) is 0 Å². The highest BCUT2D eigenvalue weighted by Crippen LogP contribution is 2.22. The molecule has 2 rings (SSSR count). The van der Waals surface area contributed by atoms with E-state index in [2.05, 4.69) is 22.1 Å². The Kier molecular flexibility index (Phi) is 3.53. The molecule has 1 unspecified atom stereocenters. The number of nitrogens with zero attached hydrogens (tertiary/aromatic N) is 1. The molecule has 0 aromatic rings. The summed E-state index contributed by atoms with van der Waals surface area (Å²) in [6.45, 7) is 2.20. The molecule has 0 spiro atoms. The molecule has 74 valence electrons. The molecule has 1 saturated heterocycles. The zero-order valence-corrected chi connectivity index (χ0v) is 8.91. The van der Waals surface area contributed by atoms with E-state index in [9.17, 15) is 0 Å². The van der Waals surface area contributed by atoms with Crippen LogP contribution in [0.2, 0.25) is 0 Å². The van der Waals surface area contributed by atoms with Crippen molar-refractivity contribution in [2.24, 2.45) is 10.9 Å². The lowest BCUT2D eigenvalue weighted by molar-refractivity contribution is 0.571. The van der Waals surface area contributed by atoms with Gasteiger partial charge in [0, 0.05) is 19.5 Å². The van der Waals surface area contributed by atoms with Crippen LogP contribution in [0.15, 0.2) is 4.99 Å². The van der Waals surface area contributed by atoms with Crippen LogP contribution in [0.4, 0.5) is 0 Å². The summed E-state index contributed by atoms with van der Waals surface area (Å²) in [7, 11) is 0. The predicted molar refractivity (Wildman–Crippen MR) is 59.6 cm³/mol. The topological polar surface area (TPSA) is 24.4 Å². The third kappa shape index (κ3) is 2.90. The van der Waals surface area contributed by atoms with Crippen molar-refractivity contribution in [3.63, 3.8) is 0 Å². The predicted octanol–water partition coefficient (Wildman–Crippen LogP) is 1.91. The van der Waals surface area contributed by atoms with Gasteiger partial charge in [0.15, 0.2) is 0 Å². The van der Waals surface area contributed by atoms with E-state index >= 15 is 0 Å². The van der Waals surface area contributed by atoms with Gasteiger partial charge in [-0.15, -0.1) is 0 Å². The Morgan fingerprint density at radius 1 is 1.46 bits per heavy atom. The lowest BCUT2D eigenvalue weighted by Crippen LogP contribution is -2.30. The van der Waals surface area contributed by atoms with Crippen LogP contribution < -0.4 is 5.32 Å². The Morgan fingerprint density at radius 2 is 2.46 bits per heavy atom. The van der Waals surface area contributed by atoms with Gasteiger partial charge in [0.25, 0.3) is 0 Å². The lowest BCUT2D eigenvalue weighted by atomic mass is 10.1. The van der Waals surface area contributed by atoms with E-state index in [0.717, 1.165) is 19.0 Å². The first kappa shape index (κ1) is 9.38. The summed E-state index contributed by atoms with van der Waals surface area (Å²) >= 11 is 2.09. The fraction of sp³-hybridized carbons (Fsp3) is 0.900. The molecular formula is C10H18N2S. The number of nitrogens with one attached hydrogen (secondary N) is 1. The van der Waals surface area contributed by atoms with Crippen LogP contribution in [0.1, 0.15) is 25.7 Å². The van der Waals surface area contributed by atoms with Crippen molar-refractivity contribution in [1.82, 2.24) is 5.32 Å². The number of rotatable bonds is 2. The second-order valence-corrected chi connectivity index (χ2v) is 5.05. The molecule has 2 aliphatic rings. The van der Waals surface area contributed by atoms with Crippen molar-refractivity contribution >= 4 is 17.6 Å². The van der Waals surface area contributed by atoms with Crippen LogP contribution >= 0.6 is 11.8 Å². The van der Waals surface area contributed by atoms with E-state index < -0.39 is 0 Å². The van der Waals surface area contributed by atoms with Gasteiger partial charge in [0.05, 0.1) is 5.84 Å². The molecule has 2 aliphatic heterocycles. The van der Waals surface area contributed by atoms with E-state index in [1.807, 2.05) is 0 Å². The summed E-state index contributed by atoms with van der Waals surface area (Å²) in [4.78, 5) is 4.49. The van der Waals surface area contributed by atoms with Crippen LogP contribution in [0.5, 0.6) is 0 Å². The summed E-state index contributed by atoms with van der Waals surface area (Å²) in [6.07, 6.45) is 5.18. The minimum absolute atomic E-state index is 0.898. The fourth-order valence-electron chi connectivity index (χ4n) is 1.85. The molecule has 2 heterocycles. The number of amidine groups is 1. The zero-order chi connectivity index (χ0) is 8.93. The SMILES string of the molecule is C1CCC(NCC2CCSC2)=NC1. The molecule has 0 amide bonds. The van der Waals surface area contributed by atoms with Gasteiger partial charge in [-0.3, -0.25) is 4.99 Å². The normalized spacial score (nSPS) is 28.6. The first-order chi connectivity index (χ1) is 6.45. The van der Waals surface area contributed by atoms with Crippen LogP contribution in [-0.4, -0.2) is 30.4 Å². The molecule has 1 N–H and O–H groups in total. The molecule has 1 fully saturated rings. The summed E-state index contributed by atoms with van der Waals surface area (Å²) < 4.78 is 0. The number of hydrogen-bond donors (Lipinski definition) is 1. The smallest absolute Gasteiger partial charge is 0.0963 e. The zero-order valence-electron chi connectivity index (χ0n) is 8.09. The minimum Gasteiger partial charge on any atom is -0.374 e. The molecule has 0 aromatic heterocycles. The van der Waals surface area contributed by atoms with Crippen LogP contribution in [0.3, 0.4) is 0 Å². The van der Waals surface area contributed by atoms with Crippen molar-refractivity contribution < 1.29 is 0 Å². The number of thioether (sulfide) groups is 1. The molecule has 3 heteroatoms. The maximum absolute atomic E-state index is 4.49. The summed E-state index contributed by atoms with van der Waals surface area (Å²) in [5, 5.41) is 3.50. The van der Waals surface area contributed by atoms with Gasteiger partial charge in [-0.1, -0.05) is 0 Å². The molecule has 0 radical (unpaired) electrons. The quantitative estimate of drug-likeness (QED) is 0.733. The second-order valence-electron chi connectivity index (χ2n) is 3.90. The Labute approximate surface area is 84.6 Å². The van der Waals surface area contributed by atoms with E-state index in [1.165, 1.54) is 43.0 Å². The van der Waals surface area contributed by atoms with Crippen LogP contribution in [-0.2, 0) is 0 Å². The Bertz CT molecular complexity index is 185. The van der Waals surface area contributed by atoms with Crippen molar-refractivity contribution in [2.45, 2.75) is 25.7 Å². The molecule has 2 nitrogen and oxygen atoms in total. The first-order valence-electron chi connectivity index (χ1n) is 5.30. The van der Waals surface area contributed by atoms with Gasteiger partial charge in [0.2, 0.25) is 0 Å². The molecule has 0 saturated carbocycles. The minimum atomic E-state index is 0.898. The highest BCUT2D eigenvalue weighted by Gasteiger charge is 2.15. The largest absolute Gasteiger partial charge is 0.374 e. The molecule has 13 heavy (non-hydrogen) atoms. The Hall–Kier alpha value is -0.180. The van der Waals surface area contributed by atoms with Crippen molar-refractivity contribution in [3.8, 4) is 0 Å². The number of aliphatic imine (C=N–C) groups is 1. The van der Waals surface area contributed by atoms with E-state index in [-0.39, 0.29) is 0 Å². The summed E-state index contributed by atoms with van der Waals surface area (Å²) in [5.41, 5.74) is 0. The standard InChI is InChI=1S/C10H18N2S/c1-2-5-11-10(3-1)12-7-9-4-6-13-8-9/h9H,1-8H2,(H,11,12). The molecule has 0 aromatic carbocycles. The second kappa shape index (κ2) is 4.89. The van der Waals surface area contributed by atoms with Gasteiger partial charge in [-0.05, 0) is 36.7 Å². The Morgan fingerprint density at radius 3 is 3.15 bits per heavy atom. The molecule has 0 bridgehead atoms. The number of hydrogen-bond acceptors (Lipinski definition) is 3. The lowest BCUT2D eigenvalue weighted by Gasteiger charge is -2.16. The summed E-state index contributed by atoms with van der Waals surface area (Å²) in [5.74, 6) is 4.87. The van der Waals surface area contributed by atoms with E-state index in [1.54, 1.807) is 0 Å². The van der Waals surface area contributed by atoms with Gasteiger partial charge in [-0.2, -0.15) is 11.8 Å². The van der Waals surface area contributed by atoms with E-state index in [4.69, 9.17) is 0 Å². The van der Waals surface area contributed by atoms with Crippen molar-refractivity contribution in [2.75, 3.05) is 24.6 Å². The average Bonchev–Trinajstić information content (AvgIpc) is 2.69. The average molecular weight is 198 g/mol. The molecular weight excluding hydrogens is 180 g/mol. The third-order valence-corrected chi connectivity index (χ3v) is 3.97. The van der Waals surface area contributed by atoms with Crippen molar-refractivity contribution in [1.29, 1.82) is 0 Å². The van der Waals surface area contributed by atoms with Gasteiger partial charge in [0.1, 0.15) is 0 Å². The van der Waals surface area contributed by atoms with Gasteiger partial charge >= 0.3 is 0 Å². The van der Waals surface area contributed by atoms with E-state index in [0.29, 0.717) is 0 Å². The molecule has 0 aliphatic carbocycles. The van der Waals surface area contributed by atoms with Gasteiger partial charge < -0.3 is 5.32 Å². The molecule has 1 atom stereocenters.